The van der Waals surface area contributed by atoms with Crippen LogP contribution in [0.25, 0.3) is 0 Å². The Bertz CT molecular complexity index is 726. The molecule has 0 aliphatic carbocycles. The van der Waals surface area contributed by atoms with Gasteiger partial charge in [-0.3, -0.25) is 14.7 Å². The molecule has 2 heterocycles. The minimum absolute atomic E-state index is 0.00482. The van der Waals surface area contributed by atoms with Gasteiger partial charge in [-0.15, -0.1) is 0 Å². The lowest BCUT2D eigenvalue weighted by atomic mass is 10.1. The first-order chi connectivity index (χ1) is 13.1. The second-order valence-corrected chi connectivity index (χ2v) is 7.51. The summed E-state index contributed by atoms with van der Waals surface area (Å²) in [5.74, 6) is -0.00482. The van der Waals surface area contributed by atoms with Gasteiger partial charge >= 0.3 is 0 Å². The first-order valence-electron chi connectivity index (χ1n) is 9.79. The lowest BCUT2D eigenvalue weighted by Gasteiger charge is -2.28. The van der Waals surface area contributed by atoms with Crippen LogP contribution in [0.3, 0.4) is 0 Å². The molecule has 1 N–H and O–H groups in total. The highest BCUT2D eigenvalue weighted by atomic mass is 16.1. The van der Waals surface area contributed by atoms with Gasteiger partial charge < -0.3 is 10.2 Å². The van der Waals surface area contributed by atoms with Gasteiger partial charge in [-0.1, -0.05) is 18.2 Å². The summed E-state index contributed by atoms with van der Waals surface area (Å²) in [7, 11) is 4.13. The summed E-state index contributed by atoms with van der Waals surface area (Å²) in [6.07, 6.45) is 7.09. The van der Waals surface area contributed by atoms with Crippen molar-refractivity contribution in [3.05, 3.63) is 65.5 Å². The maximum atomic E-state index is 12.7. The average Bonchev–Trinajstić information content (AvgIpc) is 3.22. The Kier molecular flexibility index (Phi) is 6.96. The SMILES string of the molecule is CN(C)CCc1cccc(C(=O)NCC(c2cccnc2)N2CCCC2)c1. The highest BCUT2D eigenvalue weighted by Crippen LogP contribution is 2.24. The Hall–Kier alpha value is -2.24. The quantitative estimate of drug-likeness (QED) is 0.780. The number of amides is 1. The first-order valence-corrected chi connectivity index (χ1v) is 9.79. The molecule has 5 nitrogen and oxygen atoms in total. The van der Waals surface area contributed by atoms with Crippen molar-refractivity contribution in [2.45, 2.75) is 25.3 Å². The molecule has 0 saturated carbocycles. The van der Waals surface area contributed by atoms with Gasteiger partial charge in [0.1, 0.15) is 0 Å². The number of likely N-dealkylation sites (tertiary alicyclic amines) is 1. The standard InChI is InChI=1S/C22H30N4O/c1-25(2)14-10-18-7-5-8-19(15-18)22(27)24-17-21(26-12-3-4-13-26)20-9-6-11-23-16-20/h5-9,11,15-16,21H,3-4,10,12-14,17H2,1-2H3,(H,24,27). The zero-order chi connectivity index (χ0) is 19.1. The normalized spacial score (nSPS) is 15.8. The molecule has 0 radical (unpaired) electrons. The zero-order valence-corrected chi connectivity index (χ0v) is 16.4. The highest BCUT2D eigenvalue weighted by molar-refractivity contribution is 5.94. The van der Waals surface area contributed by atoms with Gasteiger partial charge in [-0.25, -0.2) is 0 Å². The van der Waals surface area contributed by atoms with Gasteiger partial charge in [0.15, 0.2) is 0 Å². The van der Waals surface area contributed by atoms with E-state index in [1.165, 1.54) is 24.0 Å². The molecule has 1 aromatic heterocycles. The third-order valence-corrected chi connectivity index (χ3v) is 5.14. The number of likely N-dealkylation sites (N-methyl/N-ethyl adjacent to an activating group) is 1. The van der Waals surface area contributed by atoms with Crippen molar-refractivity contribution in [2.24, 2.45) is 0 Å². The van der Waals surface area contributed by atoms with E-state index in [-0.39, 0.29) is 11.9 Å². The Morgan fingerprint density at radius 3 is 2.74 bits per heavy atom. The number of rotatable bonds is 8. The molecule has 2 aromatic rings. The van der Waals surface area contributed by atoms with Crippen molar-refractivity contribution >= 4 is 5.91 Å². The van der Waals surface area contributed by atoms with Crippen LogP contribution in [0.15, 0.2) is 48.8 Å². The molecule has 0 spiro atoms. The minimum Gasteiger partial charge on any atom is -0.350 e. The van der Waals surface area contributed by atoms with Crippen LogP contribution in [0.1, 0.15) is 40.4 Å². The molecule has 1 saturated heterocycles. The number of hydrogen-bond acceptors (Lipinski definition) is 4. The van der Waals surface area contributed by atoms with E-state index in [1.807, 2.05) is 30.5 Å². The second kappa shape index (κ2) is 9.62. The molecule has 1 aliphatic rings. The van der Waals surface area contributed by atoms with Crippen LogP contribution in [-0.2, 0) is 6.42 Å². The number of nitrogens with zero attached hydrogens (tertiary/aromatic N) is 3. The fraction of sp³-hybridized carbons (Fsp3) is 0.455. The number of pyridine rings is 1. The topological polar surface area (TPSA) is 48.5 Å². The van der Waals surface area contributed by atoms with Crippen LogP contribution >= 0.6 is 0 Å². The van der Waals surface area contributed by atoms with Crippen LogP contribution in [0.2, 0.25) is 0 Å². The van der Waals surface area contributed by atoms with E-state index in [0.29, 0.717) is 6.54 Å². The number of hydrogen-bond donors (Lipinski definition) is 1. The van der Waals surface area contributed by atoms with Gasteiger partial charge in [0.25, 0.3) is 5.91 Å². The summed E-state index contributed by atoms with van der Waals surface area (Å²) >= 11 is 0. The molecule has 1 aromatic carbocycles. The predicted molar refractivity (Wildman–Crippen MR) is 109 cm³/mol. The monoisotopic (exact) mass is 366 g/mol. The van der Waals surface area contributed by atoms with E-state index in [0.717, 1.165) is 31.6 Å². The summed E-state index contributed by atoms with van der Waals surface area (Å²) < 4.78 is 0. The number of nitrogens with one attached hydrogen (secondary N) is 1. The van der Waals surface area contributed by atoms with Crippen molar-refractivity contribution in [1.82, 2.24) is 20.1 Å². The molecule has 1 unspecified atom stereocenters. The summed E-state index contributed by atoms with van der Waals surface area (Å²) in [5.41, 5.74) is 3.09. The van der Waals surface area contributed by atoms with E-state index in [4.69, 9.17) is 0 Å². The van der Waals surface area contributed by atoms with Crippen LogP contribution in [0.5, 0.6) is 0 Å². The summed E-state index contributed by atoms with van der Waals surface area (Å²) in [6, 6.07) is 12.2. The average molecular weight is 367 g/mol. The Labute approximate surface area is 162 Å². The Morgan fingerprint density at radius 2 is 2.04 bits per heavy atom. The van der Waals surface area contributed by atoms with Gasteiger partial charge in [0.05, 0.1) is 6.04 Å². The Balaban J connectivity index is 1.64. The first kappa shape index (κ1) is 19.5. The van der Waals surface area contributed by atoms with E-state index in [2.05, 4.69) is 46.3 Å². The van der Waals surface area contributed by atoms with Crippen molar-refractivity contribution in [2.75, 3.05) is 40.3 Å². The fourth-order valence-electron chi connectivity index (χ4n) is 3.60. The molecule has 1 aliphatic heterocycles. The zero-order valence-electron chi connectivity index (χ0n) is 16.4. The third kappa shape index (κ3) is 5.62. The van der Waals surface area contributed by atoms with Crippen molar-refractivity contribution < 1.29 is 4.79 Å². The van der Waals surface area contributed by atoms with Crippen LogP contribution in [-0.4, -0.2) is 61.0 Å². The molecule has 144 valence electrons. The summed E-state index contributed by atoms with van der Waals surface area (Å²) in [5, 5.41) is 3.15. The number of carbonyl (C=O) groups excluding carboxylic acids is 1. The van der Waals surface area contributed by atoms with Gasteiger partial charge in [-0.05, 0) is 75.8 Å². The summed E-state index contributed by atoms with van der Waals surface area (Å²) in [4.78, 5) is 21.6. The van der Waals surface area contributed by atoms with Crippen molar-refractivity contribution in [3.8, 4) is 0 Å². The molecule has 5 heteroatoms. The molecule has 1 fully saturated rings. The van der Waals surface area contributed by atoms with Crippen molar-refractivity contribution in [3.63, 3.8) is 0 Å². The van der Waals surface area contributed by atoms with Crippen LogP contribution < -0.4 is 5.32 Å². The molecule has 3 rings (SSSR count). The molecule has 1 atom stereocenters. The van der Waals surface area contributed by atoms with Gasteiger partial charge in [-0.2, -0.15) is 0 Å². The molecular formula is C22H30N4O. The molecule has 0 bridgehead atoms. The highest BCUT2D eigenvalue weighted by Gasteiger charge is 2.24. The third-order valence-electron chi connectivity index (χ3n) is 5.14. The van der Waals surface area contributed by atoms with E-state index in [9.17, 15) is 4.79 Å². The minimum atomic E-state index is -0.00482. The predicted octanol–water partition coefficient (Wildman–Crippen LogP) is 2.75. The smallest absolute Gasteiger partial charge is 0.251 e. The molecule has 27 heavy (non-hydrogen) atoms. The largest absolute Gasteiger partial charge is 0.350 e. The summed E-state index contributed by atoms with van der Waals surface area (Å²) in [6.45, 7) is 3.74. The van der Waals surface area contributed by atoms with E-state index in [1.54, 1.807) is 6.20 Å². The van der Waals surface area contributed by atoms with Crippen LogP contribution in [0, 0.1) is 0 Å². The number of carbonyl (C=O) groups is 1. The second-order valence-electron chi connectivity index (χ2n) is 7.51. The number of benzene rings is 1. The number of aromatic nitrogens is 1. The van der Waals surface area contributed by atoms with E-state index < -0.39 is 0 Å². The van der Waals surface area contributed by atoms with E-state index >= 15 is 0 Å². The van der Waals surface area contributed by atoms with Gasteiger partial charge in [0, 0.05) is 31.0 Å². The lowest BCUT2D eigenvalue weighted by molar-refractivity contribution is 0.0937. The lowest BCUT2D eigenvalue weighted by Crippen LogP contribution is -2.36. The van der Waals surface area contributed by atoms with Crippen LogP contribution in [0.4, 0.5) is 0 Å². The fourth-order valence-corrected chi connectivity index (χ4v) is 3.60. The maximum Gasteiger partial charge on any atom is 0.251 e. The molecule has 1 amide bonds. The Morgan fingerprint density at radius 1 is 1.22 bits per heavy atom. The van der Waals surface area contributed by atoms with Gasteiger partial charge in [0.2, 0.25) is 0 Å². The maximum absolute atomic E-state index is 12.7. The van der Waals surface area contributed by atoms with Crippen molar-refractivity contribution in [1.29, 1.82) is 0 Å². The molecular weight excluding hydrogens is 336 g/mol.